The molecule has 3 heteroatoms. The summed E-state index contributed by atoms with van der Waals surface area (Å²) < 4.78 is 10.7. The number of hydrogen-bond acceptors (Lipinski definition) is 2. The molecule has 56 valence electrons. The molecule has 0 aliphatic carbocycles. The van der Waals surface area contributed by atoms with Gasteiger partial charge >= 0.3 is 10.7 Å². The molecule has 0 saturated carbocycles. The maximum absolute atomic E-state index is 5.35. The van der Waals surface area contributed by atoms with Gasteiger partial charge in [0.25, 0.3) is 0 Å². The lowest BCUT2D eigenvalue weighted by Gasteiger charge is -2.11. The van der Waals surface area contributed by atoms with E-state index in [1.807, 2.05) is 13.8 Å². The highest BCUT2D eigenvalue weighted by Crippen LogP contribution is 1.94. The van der Waals surface area contributed by atoms with Crippen molar-refractivity contribution in [2.75, 3.05) is 13.2 Å². The minimum atomic E-state index is -1.21. The van der Waals surface area contributed by atoms with E-state index in [0.717, 1.165) is 19.3 Å². The van der Waals surface area contributed by atoms with Gasteiger partial charge in [-0.15, -0.1) is 0 Å². The molecule has 0 saturated heterocycles. The first-order valence-electron chi connectivity index (χ1n) is 3.58. The van der Waals surface area contributed by atoms with Crippen LogP contribution < -0.4 is 0 Å². The van der Waals surface area contributed by atoms with E-state index < -0.39 is 9.28 Å². The molecular formula is C6H17O2Si+. The Balaban J connectivity index is 0. The van der Waals surface area contributed by atoms with Crippen molar-refractivity contribution in [1.82, 2.24) is 0 Å². The van der Waals surface area contributed by atoms with Crippen LogP contribution in [0.2, 0.25) is 6.04 Å². The fourth-order valence-corrected chi connectivity index (χ4v) is 1.97. The zero-order valence-electron chi connectivity index (χ0n) is 7.52. The van der Waals surface area contributed by atoms with Crippen LogP contribution in [0.4, 0.5) is 0 Å². The Hall–Kier alpha value is 0.137. The van der Waals surface area contributed by atoms with Gasteiger partial charge in [-0.2, -0.15) is 0 Å². The quantitative estimate of drug-likeness (QED) is 0.550. The average molecular weight is 149 g/mol. The minimum absolute atomic E-state index is 0. The Kier molecular flexibility index (Phi) is 6.35. The van der Waals surface area contributed by atoms with Gasteiger partial charge < -0.3 is 8.85 Å². The van der Waals surface area contributed by atoms with Gasteiger partial charge in [-0.25, -0.2) is 0 Å². The number of rotatable bonds is 5. The SMILES string of the molecule is CCO[SiH](CC)OCC.[H+]. The van der Waals surface area contributed by atoms with Crippen LogP contribution in [0.5, 0.6) is 0 Å². The molecule has 0 unspecified atom stereocenters. The van der Waals surface area contributed by atoms with Gasteiger partial charge in [-0.3, -0.25) is 0 Å². The second kappa shape index (κ2) is 6.26. The van der Waals surface area contributed by atoms with Crippen molar-refractivity contribution in [2.24, 2.45) is 0 Å². The highest BCUT2D eigenvalue weighted by atomic mass is 28.3. The first-order valence-corrected chi connectivity index (χ1v) is 5.34. The fourth-order valence-electron chi connectivity index (χ4n) is 0.656. The third-order valence-electron chi connectivity index (χ3n) is 1.04. The Morgan fingerprint density at radius 2 is 1.56 bits per heavy atom. The van der Waals surface area contributed by atoms with E-state index >= 15 is 0 Å². The first-order chi connectivity index (χ1) is 4.35. The highest BCUT2D eigenvalue weighted by Gasteiger charge is 2.06. The van der Waals surface area contributed by atoms with Crippen molar-refractivity contribution in [2.45, 2.75) is 26.8 Å². The van der Waals surface area contributed by atoms with E-state index in [1.165, 1.54) is 0 Å². The third-order valence-corrected chi connectivity index (χ3v) is 3.12. The molecule has 0 rings (SSSR count). The van der Waals surface area contributed by atoms with Gasteiger partial charge in [-0.1, -0.05) is 6.92 Å². The van der Waals surface area contributed by atoms with Crippen LogP contribution in [-0.4, -0.2) is 22.5 Å². The molecule has 0 bridgehead atoms. The van der Waals surface area contributed by atoms with Crippen LogP contribution in [-0.2, 0) is 8.85 Å². The average Bonchev–Trinajstić information content (AvgIpc) is 1.88. The van der Waals surface area contributed by atoms with Gasteiger partial charge in [0, 0.05) is 13.2 Å². The summed E-state index contributed by atoms with van der Waals surface area (Å²) in [6.45, 7) is 7.72. The Labute approximate surface area is 60.5 Å². The molecular weight excluding hydrogens is 132 g/mol. The summed E-state index contributed by atoms with van der Waals surface area (Å²) in [4.78, 5) is 0. The summed E-state index contributed by atoms with van der Waals surface area (Å²) in [6, 6.07) is 1.07. The van der Waals surface area contributed by atoms with E-state index in [9.17, 15) is 0 Å². The fraction of sp³-hybridized carbons (Fsp3) is 1.00. The summed E-state index contributed by atoms with van der Waals surface area (Å²) in [6.07, 6.45) is 0. The lowest BCUT2D eigenvalue weighted by Crippen LogP contribution is -2.21. The zero-order valence-corrected chi connectivity index (χ0v) is 7.67. The van der Waals surface area contributed by atoms with E-state index in [0.29, 0.717) is 0 Å². The molecule has 0 amide bonds. The van der Waals surface area contributed by atoms with Gasteiger partial charge in [-0.05, 0) is 19.9 Å². The van der Waals surface area contributed by atoms with Crippen molar-refractivity contribution >= 4 is 9.28 Å². The third kappa shape index (κ3) is 4.63. The predicted molar refractivity (Wildman–Crippen MR) is 42.0 cm³/mol. The van der Waals surface area contributed by atoms with Gasteiger partial charge in [0.05, 0.1) is 0 Å². The van der Waals surface area contributed by atoms with Crippen molar-refractivity contribution in [3.63, 3.8) is 0 Å². The highest BCUT2D eigenvalue weighted by molar-refractivity contribution is 6.44. The van der Waals surface area contributed by atoms with Crippen molar-refractivity contribution in [3.8, 4) is 0 Å². The van der Waals surface area contributed by atoms with Gasteiger partial charge in [0.1, 0.15) is 0 Å². The Bertz CT molecular complexity index is 57.7. The summed E-state index contributed by atoms with van der Waals surface area (Å²) >= 11 is 0. The molecule has 9 heavy (non-hydrogen) atoms. The van der Waals surface area contributed by atoms with E-state index in [1.54, 1.807) is 0 Å². The first kappa shape index (κ1) is 9.14. The summed E-state index contributed by atoms with van der Waals surface area (Å²) in [5.41, 5.74) is 0. The molecule has 0 aromatic heterocycles. The predicted octanol–water partition coefficient (Wildman–Crippen LogP) is 1.41. The monoisotopic (exact) mass is 149 g/mol. The summed E-state index contributed by atoms with van der Waals surface area (Å²) in [7, 11) is -1.21. The van der Waals surface area contributed by atoms with Crippen LogP contribution in [0.3, 0.4) is 0 Å². The van der Waals surface area contributed by atoms with E-state index in [2.05, 4.69) is 6.92 Å². The standard InChI is InChI=1S/C6H16O2Si/c1-4-7-9(6-3)8-5-2/h9H,4-6H2,1-3H3/p+1. The molecule has 0 spiro atoms. The Morgan fingerprint density at radius 3 is 1.78 bits per heavy atom. The topological polar surface area (TPSA) is 18.5 Å². The maximum atomic E-state index is 5.35. The lowest BCUT2D eigenvalue weighted by atomic mass is 10.9. The second-order valence-corrected chi connectivity index (χ2v) is 4.09. The molecule has 0 atom stereocenters. The molecule has 2 nitrogen and oxygen atoms in total. The molecule has 0 radical (unpaired) electrons. The van der Waals surface area contributed by atoms with Crippen LogP contribution >= 0.6 is 0 Å². The molecule has 0 heterocycles. The van der Waals surface area contributed by atoms with Gasteiger partial charge in [0.15, 0.2) is 0 Å². The van der Waals surface area contributed by atoms with Crippen LogP contribution in [0, 0.1) is 0 Å². The molecule has 0 aliphatic rings. The van der Waals surface area contributed by atoms with E-state index in [4.69, 9.17) is 8.85 Å². The van der Waals surface area contributed by atoms with E-state index in [-0.39, 0.29) is 1.43 Å². The van der Waals surface area contributed by atoms with Crippen LogP contribution in [0.15, 0.2) is 0 Å². The summed E-state index contributed by atoms with van der Waals surface area (Å²) in [5.74, 6) is 0. The zero-order chi connectivity index (χ0) is 7.11. The molecule has 0 aromatic rings. The number of hydrogen-bond donors (Lipinski definition) is 0. The van der Waals surface area contributed by atoms with Crippen molar-refractivity contribution in [3.05, 3.63) is 0 Å². The largest absolute Gasteiger partial charge is 1.00 e. The molecule has 0 N–H and O–H groups in total. The van der Waals surface area contributed by atoms with Gasteiger partial charge in [0.2, 0.25) is 0 Å². The lowest BCUT2D eigenvalue weighted by molar-refractivity contribution is 0.214. The molecule has 0 aromatic carbocycles. The molecule has 0 aliphatic heterocycles. The second-order valence-electron chi connectivity index (χ2n) is 1.75. The summed E-state index contributed by atoms with van der Waals surface area (Å²) in [5, 5.41) is 0. The molecule has 0 fully saturated rings. The van der Waals surface area contributed by atoms with Crippen molar-refractivity contribution < 1.29 is 10.3 Å². The Morgan fingerprint density at radius 1 is 1.11 bits per heavy atom. The van der Waals surface area contributed by atoms with Crippen LogP contribution in [0.1, 0.15) is 22.2 Å². The smallest absolute Gasteiger partial charge is 0.397 e. The normalized spacial score (nSPS) is 10.7. The van der Waals surface area contributed by atoms with Crippen LogP contribution in [0.25, 0.3) is 0 Å². The van der Waals surface area contributed by atoms with Crippen molar-refractivity contribution in [1.29, 1.82) is 0 Å². The maximum Gasteiger partial charge on any atom is 1.00 e. The minimum Gasteiger partial charge on any atom is -0.397 e.